The van der Waals surface area contributed by atoms with E-state index in [0.717, 1.165) is 24.3 Å². The average molecular weight is 351 g/mol. The first-order valence-corrected chi connectivity index (χ1v) is 7.52. The van der Waals surface area contributed by atoms with Gasteiger partial charge in [-0.15, -0.1) is 0 Å². The molecule has 0 saturated carbocycles. The largest absolute Gasteiger partial charge is 0.489 e. The molecular formula is C18H19F2NO4. The van der Waals surface area contributed by atoms with E-state index in [9.17, 15) is 18.8 Å². The molecule has 0 radical (unpaired) electrons. The highest BCUT2D eigenvalue weighted by molar-refractivity contribution is 5.87. The second kappa shape index (κ2) is 7.94. The van der Waals surface area contributed by atoms with E-state index in [1.807, 2.05) is 26.0 Å². The van der Waals surface area contributed by atoms with E-state index in [0.29, 0.717) is 5.75 Å². The molecule has 25 heavy (non-hydrogen) atoms. The summed E-state index contributed by atoms with van der Waals surface area (Å²) in [5.74, 6) is 0.585. The van der Waals surface area contributed by atoms with Crippen LogP contribution in [0.1, 0.15) is 28.7 Å². The molecule has 134 valence electrons. The maximum atomic E-state index is 13.3. The lowest BCUT2D eigenvalue weighted by atomic mass is 10.1. The van der Waals surface area contributed by atoms with Gasteiger partial charge in [0.2, 0.25) is 0 Å². The van der Waals surface area contributed by atoms with Gasteiger partial charge in [-0.25, -0.2) is 13.6 Å². The molecule has 7 heteroatoms. The number of hydroxylamine groups is 1. The van der Waals surface area contributed by atoms with Crippen LogP contribution in [-0.4, -0.2) is 18.4 Å². The van der Waals surface area contributed by atoms with Crippen molar-refractivity contribution in [1.82, 2.24) is 0 Å². The van der Waals surface area contributed by atoms with E-state index in [-0.39, 0.29) is 22.9 Å². The zero-order valence-corrected chi connectivity index (χ0v) is 14.1. The molecule has 5 nitrogen and oxygen atoms in total. The molecule has 0 unspecified atom stereocenters. The summed E-state index contributed by atoms with van der Waals surface area (Å²) in [5.41, 5.74) is 1.35. The fourth-order valence-corrected chi connectivity index (χ4v) is 2.46. The van der Waals surface area contributed by atoms with Gasteiger partial charge < -0.3 is 9.47 Å². The number of halogens is 2. The number of benzene rings is 2. The molecule has 0 aliphatic heterocycles. The highest BCUT2D eigenvalue weighted by Gasteiger charge is 2.25. The van der Waals surface area contributed by atoms with Crippen molar-refractivity contribution in [2.45, 2.75) is 26.9 Å². The zero-order chi connectivity index (χ0) is 18.6. The topological polar surface area (TPSA) is 59.0 Å². The number of alkyl halides is 2. The summed E-state index contributed by atoms with van der Waals surface area (Å²) < 4.78 is 36.6. The minimum absolute atomic E-state index is 0.0716. The fourth-order valence-electron chi connectivity index (χ4n) is 2.46. The summed E-state index contributed by atoms with van der Waals surface area (Å²) in [7, 11) is 1.04. The van der Waals surface area contributed by atoms with Crippen molar-refractivity contribution >= 4 is 11.8 Å². The number of hydrogen-bond donors (Lipinski definition) is 1. The van der Waals surface area contributed by atoms with Gasteiger partial charge in [-0.3, -0.25) is 5.21 Å². The van der Waals surface area contributed by atoms with Gasteiger partial charge >= 0.3 is 6.09 Å². The van der Waals surface area contributed by atoms with Crippen molar-refractivity contribution in [2.75, 3.05) is 12.2 Å². The maximum Gasteiger partial charge on any atom is 0.438 e. The van der Waals surface area contributed by atoms with Crippen molar-refractivity contribution < 1.29 is 28.3 Å². The minimum atomic E-state index is -2.88. The Morgan fingerprint density at radius 3 is 2.56 bits per heavy atom. The van der Waals surface area contributed by atoms with Crippen molar-refractivity contribution in [2.24, 2.45) is 0 Å². The Hall–Kier alpha value is -2.67. The third kappa shape index (κ3) is 4.24. The van der Waals surface area contributed by atoms with Crippen molar-refractivity contribution in [1.29, 1.82) is 0 Å². The number of carbonyl (C=O) groups excluding carboxylic acids is 1. The van der Waals surface area contributed by atoms with E-state index >= 15 is 0 Å². The fraction of sp³-hybridized carbons (Fsp3) is 0.278. The molecule has 0 heterocycles. The Morgan fingerprint density at radius 2 is 1.96 bits per heavy atom. The van der Waals surface area contributed by atoms with E-state index in [1.54, 1.807) is 6.07 Å². The van der Waals surface area contributed by atoms with Crippen molar-refractivity contribution in [3.8, 4) is 5.75 Å². The van der Waals surface area contributed by atoms with E-state index < -0.39 is 18.1 Å². The number of amides is 1. The van der Waals surface area contributed by atoms with Crippen molar-refractivity contribution in [3.05, 3.63) is 58.7 Å². The van der Waals surface area contributed by atoms with E-state index in [2.05, 4.69) is 4.74 Å². The molecule has 2 rings (SSSR count). The third-order valence-corrected chi connectivity index (χ3v) is 3.66. The lowest BCUT2D eigenvalue weighted by Gasteiger charge is -2.21. The number of methoxy groups -OCH3 is 1. The number of hydrogen-bond acceptors (Lipinski definition) is 4. The van der Waals surface area contributed by atoms with Gasteiger partial charge in [0, 0.05) is 11.1 Å². The molecular weight excluding hydrogens is 332 g/mol. The van der Waals surface area contributed by atoms with E-state index in [4.69, 9.17) is 4.74 Å². The third-order valence-electron chi connectivity index (χ3n) is 3.66. The van der Waals surface area contributed by atoms with Gasteiger partial charge in [-0.1, -0.05) is 35.9 Å². The Balaban J connectivity index is 2.36. The first-order valence-electron chi connectivity index (χ1n) is 7.52. The molecule has 1 amide bonds. The number of nitrogens with zero attached hydrogens (tertiary/aromatic N) is 1. The molecule has 0 saturated heterocycles. The quantitative estimate of drug-likeness (QED) is 0.622. The van der Waals surface area contributed by atoms with Crippen LogP contribution in [0.3, 0.4) is 0 Å². The van der Waals surface area contributed by atoms with Crippen LogP contribution in [0.25, 0.3) is 0 Å². The van der Waals surface area contributed by atoms with Gasteiger partial charge in [0.15, 0.2) is 0 Å². The van der Waals surface area contributed by atoms with Gasteiger partial charge in [0.1, 0.15) is 12.4 Å². The van der Waals surface area contributed by atoms with Gasteiger partial charge in [-0.05, 0) is 25.5 Å². The second-order valence-electron chi connectivity index (χ2n) is 5.50. The van der Waals surface area contributed by atoms with Gasteiger partial charge in [-0.2, -0.15) is 5.06 Å². The Kier molecular flexibility index (Phi) is 5.93. The Morgan fingerprint density at radius 1 is 1.24 bits per heavy atom. The molecule has 1 N–H and O–H groups in total. The number of aryl methyl sites for hydroxylation is 2. The van der Waals surface area contributed by atoms with Gasteiger partial charge in [0.25, 0.3) is 6.43 Å². The lowest BCUT2D eigenvalue weighted by molar-refractivity contribution is 0.133. The molecule has 0 fully saturated rings. The number of ether oxygens (including phenoxy) is 2. The monoisotopic (exact) mass is 351 g/mol. The van der Waals surface area contributed by atoms with Crippen LogP contribution in [-0.2, 0) is 11.3 Å². The van der Waals surface area contributed by atoms with Crippen LogP contribution in [0.5, 0.6) is 5.75 Å². The van der Waals surface area contributed by atoms with Crippen LogP contribution in [0.15, 0.2) is 36.4 Å². The van der Waals surface area contributed by atoms with E-state index in [1.165, 1.54) is 12.1 Å². The predicted molar refractivity (Wildman–Crippen MR) is 88.3 cm³/mol. The summed E-state index contributed by atoms with van der Waals surface area (Å²) in [6, 6.07) is 9.61. The Labute approximate surface area is 144 Å². The maximum absolute atomic E-state index is 13.3. The summed E-state index contributed by atoms with van der Waals surface area (Å²) in [4.78, 5) is 11.6. The highest BCUT2D eigenvalue weighted by Crippen LogP contribution is 2.33. The number of anilines is 1. The summed E-state index contributed by atoms with van der Waals surface area (Å²) in [6.07, 6.45) is -4.05. The molecule has 2 aromatic carbocycles. The summed E-state index contributed by atoms with van der Waals surface area (Å²) >= 11 is 0. The number of carbonyl (C=O) groups is 1. The molecule has 0 aliphatic carbocycles. The van der Waals surface area contributed by atoms with Crippen LogP contribution in [0.2, 0.25) is 0 Å². The second-order valence-corrected chi connectivity index (χ2v) is 5.50. The molecule has 0 aromatic heterocycles. The number of para-hydroxylation sites is 1. The standard InChI is InChI=1S/C18H19F2NO4/c1-11-7-8-15(12(2)9-11)25-10-13-5-4-6-14(17(19)20)16(13)21(23)18(22)24-3/h4-9,17,23H,10H2,1-3H3. The molecule has 0 aliphatic rings. The normalized spacial score (nSPS) is 10.7. The van der Waals surface area contributed by atoms with Crippen LogP contribution in [0.4, 0.5) is 19.3 Å². The van der Waals surface area contributed by atoms with Gasteiger partial charge in [0.05, 0.1) is 12.8 Å². The van der Waals surface area contributed by atoms with Crippen LogP contribution in [0, 0.1) is 13.8 Å². The highest BCUT2D eigenvalue weighted by atomic mass is 19.3. The van der Waals surface area contributed by atoms with Crippen LogP contribution >= 0.6 is 0 Å². The SMILES string of the molecule is COC(=O)N(O)c1c(COc2ccc(C)cc2C)cccc1C(F)F. The first kappa shape index (κ1) is 18.7. The summed E-state index contributed by atoms with van der Waals surface area (Å²) in [5, 5.41) is 10.0. The Bertz CT molecular complexity index is 765. The van der Waals surface area contributed by atoms with Crippen LogP contribution < -0.4 is 9.80 Å². The van der Waals surface area contributed by atoms with Crippen molar-refractivity contribution in [3.63, 3.8) is 0 Å². The zero-order valence-electron chi connectivity index (χ0n) is 14.1. The number of rotatable bonds is 5. The molecule has 0 bridgehead atoms. The smallest absolute Gasteiger partial charge is 0.438 e. The first-order chi connectivity index (χ1) is 11.8. The minimum Gasteiger partial charge on any atom is -0.489 e. The predicted octanol–water partition coefficient (Wildman–Crippen LogP) is 4.78. The molecule has 2 aromatic rings. The average Bonchev–Trinajstić information content (AvgIpc) is 2.59. The lowest BCUT2D eigenvalue weighted by Crippen LogP contribution is -2.29. The summed E-state index contributed by atoms with van der Waals surface area (Å²) in [6.45, 7) is 3.71. The molecule has 0 spiro atoms. The molecule has 0 atom stereocenters.